The molecule has 5 rings (SSSR count). The maximum absolute atomic E-state index is 12.6. The van der Waals surface area contributed by atoms with Gasteiger partial charge in [-0.25, -0.2) is 4.68 Å². The summed E-state index contributed by atoms with van der Waals surface area (Å²) in [6, 6.07) is 17.6. The second-order valence-electron chi connectivity index (χ2n) is 6.48. The van der Waals surface area contributed by atoms with Gasteiger partial charge < -0.3 is 10.3 Å². The number of aromatic amines is 1. The molecule has 1 aliphatic carbocycles. The Morgan fingerprint density at radius 1 is 1.12 bits per heavy atom. The lowest BCUT2D eigenvalue weighted by molar-refractivity contribution is 0.102. The van der Waals surface area contributed by atoms with E-state index in [-0.39, 0.29) is 5.91 Å². The van der Waals surface area contributed by atoms with E-state index in [2.05, 4.69) is 25.8 Å². The Hall–Kier alpha value is -3.48. The molecule has 7 nitrogen and oxygen atoms in total. The maximum atomic E-state index is 12.6. The van der Waals surface area contributed by atoms with Gasteiger partial charge in [0.15, 0.2) is 5.82 Å². The van der Waals surface area contributed by atoms with Crippen molar-refractivity contribution >= 4 is 22.5 Å². The zero-order chi connectivity index (χ0) is 17.5. The molecule has 4 aromatic rings. The SMILES string of the molecule is O=C(Nc1cccc(-c2nnnn2C2CC2)c1)c1cc2ccccc2[nH]1. The number of H-pyrrole nitrogens is 1. The molecule has 128 valence electrons. The van der Waals surface area contributed by atoms with Crippen molar-refractivity contribution in [2.75, 3.05) is 5.32 Å². The molecule has 0 saturated heterocycles. The van der Waals surface area contributed by atoms with E-state index in [0.717, 1.165) is 35.1 Å². The highest BCUT2D eigenvalue weighted by molar-refractivity contribution is 6.06. The van der Waals surface area contributed by atoms with Gasteiger partial charge in [0.25, 0.3) is 5.91 Å². The van der Waals surface area contributed by atoms with Crippen molar-refractivity contribution < 1.29 is 4.79 Å². The summed E-state index contributed by atoms with van der Waals surface area (Å²) < 4.78 is 1.86. The minimum atomic E-state index is -0.180. The molecule has 2 aromatic heterocycles. The molecule has 0 spiro atoms. The summed E-state index contributed by atoms with van der Waals surface area (Å²) in [4.78, 5) is 15.7. The second kappa shape index (κ2) is 5.80. The molecule has 0 aliphatic heterocycles. The molecule has 2 N–H and O–H groups in total. The van der Waals surface area contributed by atoms with Crippen molar-refractivity contribution in [3.8, 4) is 11.4 Å². The summed E-state index contributed by atoms with van der Waals surface area (Å²) in [5.74, 6) is 0.550. The van der Waals surface area contributed by atoms with E-state index < -0.39 is 0 Å². The minimum Gasteiger partial charge on any atom is -0.351 e. The number of para-hydroxylation sites is 1. The van der Waals surface area contributed by atoms with Crippen molar-refractivity contribution in [3.05, 3.63) is 60.3 Å². The van der Waals surface area contributed by atoms with E-state index in [9.17, 15) is 4.79 Å². The van der Waals surface area contributed by atoms with Crippen LogP contribution in [0.5, 0.6) is 0 Å². The van der Waals surface area contributed by atoms with Crippen molar-refractivity contribution in [3.63, 3.8) is 0 Å². The van der Waals surface area contributed by atoms with Gasteiger partial charge in [0, 0.05) is 22.2 Å². The molecule has 1 aliphatic rings. The fourth-order valence-electron chi connectivity index (χ4n) is 3.08. The first-order valence-electron chi connectivity index (χ1n) is 8.55. The van der Waals surface area contributed by atoms with E-state index in [0.29, 0.717) is 17.4 Å². The molecule has 0 radical (unpaired) electrons. The van der Waals surface area contributed by atoms with Gasteiger partial charge in [-0.2, -0.15) is 0 Å². The predicted molar refractivity (Wildman–Crippen MR) is 97.8 cm³/mol. The van der Waals surface area contributed by atoms with Gasteiger partial charge in [0.1, 0.15) is 5.69 Å². The summed E-state index contributed by atoms with van der Waals surface area (Å²) in [6.07, 6.45) is 2.21. The van der Waals surface area contributed by atoms with Crippen molar-refractivity contribution in [2.45, 2.75) is 18.9 Å². The normalized spacial score (nSPS) is 13.8. The number of carbonyl (C=O) groups is 1. The fourth-order valence-corrected chi connectivity index (χ4v) is 3.08. The van der Waals surface area contributed by atoms with Crippen LogP contribution in [0.1, 0.15) is 29.4 Å². The summed E-state index contributed by atoms with van der Waals surface area (Å²) in [5.41, 5.74) is 3.06. The fraction of sp³-hybridized carbons (Fsp3) is 0.158. The van der Waals surface area contributed by atoms with Crippen LogP contribution >= 0.6 is 0 Å². The lowest BCUT2D eigenvalue weighted by atomic mass is 10.2. The second-order valence-corrected chi connectivity index (χ2v) is 6.48. The number of aromatic nitrogens is 5. The van der Waals surface area contributed by atoms with E-state index in [1.807, 2.05) is 59.3 Å². The number of benzene rings is 2. The number of hydrogen-bond acceptors (Lipinski definition) is 4. The summed E-state index contributed by atoms with van der Waals surface area (Å²) in [6.45, 7) is 0. The van der Waals surface area contributed by atoms with Crippen molar-refractivity contribution in [2.24, 2.45) is 0 Å². The molecule has 26 heavy (non-hydrogen) atoms. The van der Waals surface area contributed by atoms with Gasteiger partial charge >= 0.3 is 0 Å². The van der Waals surface area contributed by atoms with Crippen LogP contribution in [0, 0.1) is 0 Å². The molecular formula is C19H16N6O. The maximum Gasteiger partial charge on any atom is 0.272 e. The molecule has 0 unspecified atom stereocenters. The first kappa shape index (κ1) is 14.8. The molecule has 0 bridgehead atoms. The number of nitrogens with zero attached hydrogens (tertiary/aromatic N) is 4. The Kier molecular flexibility index (Phi) is 3.31. The van der Waals surface area contributed by atoms with Gasteiger partial charge in [0.2, 0.25) is 0 Å². The lowest BCUT2D eigenvalue weighted by Crippen LogP contribution is -2.12. The Morgan fingerprint density at radius 2 is 2.00 bits per heavy atom. The number of hydrogen-bond donors (Lipinski definition) is 2. The Morgan fingerprint density at radius 3 is 2.85 bits per heavy atom. The Balaban J connectivity index is 1.42. The molecular weight excluding hydrogens is 328 g/mol. The van der Waals surface area contributed by atoms with Crippen LogP contribution < -0.4 is 5.32 Å². The highest BCUT2D eigenvalue weighted by Gasteiger charge is 2.28. The zero-order valence-corrected chi connectivity index (χ0v) is 13.9. The summed E-state index contributed by atoms with van der Waals surface area (Å²) in [5, 5.41) is 16.0. The molecule has 2 aromatic carbocycles. The van der Waals surface area contributed by atoms with Crippen LogP contribution in [0.15, 0.2) is 54.6 Å². The standard InChI is InChI=1S/C19H16N6O/c26-19(17-11-12-4-1-2-7-16(12)21-17)20-14-6-3-5-13(10-14)18-22-23-24-25(18)15-8-9-15/h1-7,10-11,15,21H,8-9H2,(H,20,26). The number of rotatable bonds is 4. The highest BCUT2D eigenvalue weighted by atomic mass is 16.1. The van der Waals surface area contributed by atoms with E-state index >= 15 is 0 Å². The van der Waals surface area contributed by atoms with Gasteiger partial charge in [-0.3, -0.25) is 4.79 Å². The first-order valence-corrected chi connectivity index (χ1v) is 8.55. The van der Waals surface area contributed by atoms with Crippen LogP contribution in [0.2, 0.25) is 0 Å². The third-order valence-corrected chi connectivity index (χ3v) is 4.54. The van der Waals surface area contributed by atoms with Gasteiger partial charge in [-0.05, 0) is 47.5 Å². The summed E-state index contributed by atoms with van der Waals surface area (Å²) in [7, 11) is 0. The van der Waals surface area contributed by atoms with Crippen LogP contribution in [0.4, 0.5) is 5.69 Å². The molecule has 1 fully saturated rings. The minimum absolute atomic E-state index is 0.180. The third-order valence-electron chi connectivity index (χ3n) is 4.54. The van der Waals surface area contributed by atoms with Gasteiger partial charge in [-0.1, -0.05) is 30.3 Å². The van der Waals surface area contributed by atoms with Crippen LogP contribution in [-0.2, 0) is 0 Å². The van der Waals surface area contributed by atoms with Crippen molar-refractivity contribution in [1.29, 1.82) is 0 Å². The Labute approximate surface area is 149 Å². The van der Waals surface area contributed by atoms with Gasteiger partial charge in [-0.15, -0.1) is 5.10 Å². The number of tetrazole rings is 1. The van der Waals surface area contributed by atoms with E-state index in [1.54, 1.807) is 0 Å². The Bertz CT molecular complexity index is 1070. The lowest BCUT2D eigenvalue weighted by Gasteiger charge is -2.07. The molecule has 7 heteroatoms. The topological polar surface area (TPSA) is 88.5 Å². The molecule has 1 amide bonds. The van der Waals surface area contributed by atoms with E-state index in [4.69, 9.17) is 0 Å². The number of amides is 1. The van der Waals surface area contributed by atoms with Crippen LogP contribution in [0.3, 0.4) is 0 Å². The largest absolute Gasteiger partial charge is 0.351 e. The average Bonchev–Trinajstić information content (AvgIpc) is 3.22. The number of nitrogens with one attached hydrogen (secondary N) is 2. The number of fused-ring (bicyclic) bond motifs is 1. The predicted octanol–water partition coefficient (Wildman–Crippen LogP) is 3.41. The zero-order valence-electron chi connectivity index (χ0n) is 13.9. The van der Waals surface area contributed by atoms with Crippen LogP contribution in [0.25, 0.3) is 22.3 Å². The average molecular weight is 344 g/mol. The smallest absolute Gasteiger partial charge is 0.272 e. The van der Waals surface area contributed by atoms with E-state index in [1.165, 1.54) is 0 Å². The monoisotopic (exact) mass is 344 g/mol. The van der Waals surface area contributed by atoms with Gasteiger partial charge in [0.05, 0.1) is 6.04 Å². The first-order chi connectivity index (χ1) is 12.8. The number of carbonyl (C=O) groups excluding carboxylic acids is 1. The summed E-state index contributed by atoms with van der Waals surface area (Å²) >= 11 is 0. The molecule has 0 atom stereocenters. The molecule has 2 heterocycles. The number of anilines is 1. The quantitative estimate of drug-likeness (QED) is 0.594. The van der Waals surface area contributed by atoms with Crippen molar-refractivity contribution in [1.82, 2.24) is 25.2 Å². The molecule has 1 saturated carbocycles. The highest BCUT2D eigenvalue weighted by Crippen LogP contribution is 2.36. The van der Waals surface area contributed by atoms with Crippen LogP contribution in [-0.4, -0.2) is 31.1 Å². The third kappa shape index (κ3) is 2.63.